The van der Waals surface area contributed by atoms with E-state index in [0.717, 1.165) is 28.1 Å². The first-order valence-corrected chi connectivity index (χ1v) is 8.76. The van der Waals surface area contributed by atoms with Crippen LogP contribution in [0.3, 0.4) is 0 Å². The van der Waals surface area contributed by atoms with Gasteiger partial charge >= 0.3 is 0 Å². The number of nitrogens with one attached hydrogen (secondary N) is 2. The third-order valence-corrected chi connectivity index (χ3v) is 5.55. The molecule has 1 aliphatic rings. The molecule has 0 saturated carbocycles. The molecule has 3 rings (SSSR count). The van der Waals surface area contributed by atoms with E-state index < -0.39 is 6.10 Å². The first-order chi connectivity index (χ1) is 11.5. The van der Waals surface area contributed by atoms with E-state index in [2.05, 4.69) is 31.7 Å². The zero-order valence-electron chi connectivity index (χ0n) is 13.7. The number of nitrogens with zero attached hydrogens (tertiary/aromatic N) is 2. The fourth-order valence-electron chi connectivity index (χ4n) is 2.88. The summed E-state index contributed by atoms with van der Waals surface area (Å²) in [6.07, 6.45) is -0.392. The lowest BCUT2D eigenvalue weighted by Gasteiger charge is -2.14. The van der Waals surface area contributed by atoms with Crippen molar-refractivity contribution in [3.8, 4) is 5.69 Å². The van der Waals surface area contributed by atoms with E-state index in [1.165, 1.54) is 0 Å². The van der Waals surface area contributed by atoms with Crippen molar-refractivity contribution in [1.82, 2.24) is 20.4 Å². The first-order valence-electron chi connectivity index (χ1n) is 7.96. The summed E-state index contributed by atoms with van der Waals surface area (Å²) in [5.41, 5.74) is 3.46. The van der Waals surface area contributed by atoms with Crippen LogP contribution in [0.4, 0.5) is 0 Å². The fraction of sp³-hybridized carbons (Fsp3) is 0.412. The van der Waals surface area contributed by atoms with Crippen LogP contribution in [0.1, 0.15) is 21.7 Å². The molecule has 0 spiro atoms. The van der Waals surface area contributed by atoms with E-state index in [-0.39, 0.29) is 11.8 Å². The van der Waals surface area contributed by atoms with Crippen LogP contribution in [0, 0.1) is 19.8 Å². The van der Waals surface area contributed by atoms with Gasteiger partial charge in [-0.1, -0.05) is 0 Å². The molecule has 2 heterocycles. The number of β-amino-alcohol motifs (C(OH)–C–C–N with tert-alkyl or cyclic N) is 1. The summed E-state index contributed by atoms with van der Waals surface area (Å²) in [4.78, 5) is 12.2. The van der Waals surface area contributed by atoms with Gasteiger partial charge in [-0.15, -0.1) is 0 Å². The van der Waals surface area contributed by atoms with Crippen LogP contribution < -0.4 is 10.6 Å². The Labute approximate surface area is 149 Å². The van der Waals surface area contributed by atoms with Crippen LogP contribution in [-0.2, 0) is 0 Å². The Morgan fingerprint density at radius 2 is 2.08 bits per heavy atom. The van der Waals surface area contributed by atoms with Crippen LogP contribution in [0.15, 0.2) is 28.7 Å². The number of amides is 1. The molecule has 0 aliphatic carbocycles. The summed E-state index contributed by atoms with van der Waals surface area (Å²) in [5.74, 6) is -0.0597. The van der Waals surface area contributed by atoms with Crippen LogP contribution in [0.2, 0.25) is 0 Å². The highest BCUT2D eigenvalue weighted by Gasteiger charge is 2.25. The second-order valence-corrected chi connectivity index (χ2v) is 6.93. The predicted molar refractivity (Wildman–Crippen MR) is 95.4 cm³/mol. The number of halogens is 1. The van der Waals surface area contributed by atoms with Gasteiger partial charge < -0.3 is 15.7 Å². The van der Waals surface area contributed by atoms with Crippen molar-refractivity contribution in [2.75, 3.05) is 19.6 Å². The van der Waals surface area contributed by atoms with Crippen LogP contribution in [0.5, 0.6) is 0 Å². The molecule has 0 bridgehead atoms. The van der Waals surface area contributed by atoms with Gasteiger partial charge in [0.15, 0.2) is 0 Å². The number of aliphatic hydroxyl groups excluding tert-OH is 1. The topological polar surface area (TPSA) is 79.2 Å². The largest absolute Gasteiger partial charge is 0.391 e. The number of rotatable bonds is 4. The molecular formula is C17H21BrN4O2. The van der Waals surface area contributed by atoms with Crippen molar-refractivity contribution in [3.63, 3.8) is 0 Å². The predicted octanol–water partition coefficient (Wildman–Crippen LogP) is 1.56. The highest BCUT2D eigenvalue weighted by atomic mass is 79.9. The molecule has 3 N–H and O–H groups in total. The number of carbonyl (C=O) groups excluding carboxylic acids is 1. The van der Waals surface area contributed by atoms with Crippen molar-refractivity contribution in [3.05, 3.63) is 45.7 Å². The minimum Gasteiger partial charge on any atom is -0.391 e. The molecule has 128 valence electrons. The third-order valence-electron chi connectivity index (χ3n) is 4.41. The molecule has 6 nitrogen and oxygen atoms in total. The summed E-state index contributed by atoms with van der Waals surface area (Å²) in [5, 5.41) is 20.2. The second kappa shape index (κ2) is 7.04. The average Bonchev–Trinajstić information content (AvgIpc) is 3.11. The minimum atomic E-state index is -0.392. The van der Waals surface area contributed by atoms with E-state index in [4.69, 9.17) is 0 Å². The molecule has 2 atom stereocenters. The van der Waals surface area contributed by atoms with Gasteiger partial charge in [-0.2, -0.15) is 5.10 Å². The molecule has 7 heteroatoms. The normalized spacial score (nSPS) is 20.3. The van der Waals surface area contributed by atoms with Gasteiger partial charge in [-0.3, -0.25) is 4.79 Å². The Morgan fingerprint density at radius 3 is 2.62 bits per heavy atom. The molecule has 1 fully saturated rings. The van der Waals surface area contributed by atoms with E-state index in [9.17, 15) is 9.90 Å². The number of aliphatic hydroxyl groups is 1. The van der Waals surface area contributed by atoms with Gasteiger partial charge in [0.05, 0.1) is 27.7 Å². The van der Waals surface area contributed by atoms with E-state index in [1.54, 1.807) is 12.1 Å². The number of hydrogen-bond acceptors (Lipinski definition) is 4. The maximum Gasteiger partial charge on any atom is 0.251 e. The maximum atomic E-state index is 12.2. The first kappa shape index (κ1) is 17.1. The SMILES string of the molecule is Cc1nn(-c2ccc(C(=O)NCC3CNCC3O)cc2)c(C)c1Br. The number of benzene rings is 1. The highest BCUT2D eigenvalue weighted by Crippen LogP contribution is 2.23. The van der Waals surface area contributed by atoms with Crippen LogP contribution in [-0.4, -0.2) is 46.5 Å². The molecule has 1 amide bonds. The maximum absolute atomic E-state index is 12.2. The number of carbonyl (C=O) groups is 1. The summed E-state index contributed by atoms with van der Waals surface area (Å²) >= 11 is 3.52. The van der Waals surface area contributed by atoms with Gasteiger partial charge in [0.2, 0.25) is 0 Å². The Hall–Kier alpha value is -1.70. The van der Waals surface area contributed by atoms with Gasteiger partial charge in [-0.25, -0.2) is 4.68 Å². The Bertz CT molecular complexity index is 742. The Kier molecular flexibility index (Phi) is 5.03. The quantitative estimate of drug-likeness (QED) is 0.737. The van der Waals surface area contributed by atoms with Crippen molar-refractivity contribution in [2.24, 2.45) is 5.92 Å². The smallest absolute Gasteiger partial charge is 0.251 e. The standard InChI is InChI=1S/C17H21BrN4O2/c1-10-16(18)11(2)22(21-10)14-5-3-12(4-6-14)17(24)20-8-13-7-19-9-15(13)23/h3-6,13,15,19,23H,7-9H2,1-2H3,(H,20,24). The molecule has 0 radical (unpaired) electrons. The summed E-state index contributed by atoms with van der Waals surface area (Å²) in [7, 11) is 0. The Morgan fingerprint density at radius 1 is 1.38 bits per heavy atom. The van der Waals surface area contributed by atoms with Gasteiger partial charge in [0.1, 0.15) is 0 Å². The Balaban J connectivity index is 1.67. The molecular weight excluding hydrogens is 372 g/mol. The van der Waals surface area contributed by atoms with E-state index in [0.29, 0.717) is 18.7 Å². The molecule has 1 aromatic heterocycles. The lowest BCUT2D eigenvalue weighted by Crippen LogP contribution is -2.34. The molecule has 1 aromatic carbocycles. The second-order valence-electron chi connectivity index (χ2n) is 6.14. The molecule has 24 heavy (non-hydrogen) atoms. The van der Waals surface area contributed by atoms with Crippen molar-refractivity contribution in [2.45, 2.75) is 20.0 Å². The molecule has 2 unspecified atom stereocenters. The third kappa shape index (κ3) is 3.38. The molecule has 1 saturated heterocycles. The monoisotopic (exact) mass is 392 g/mol. The van der Waals surface area contributed by atoms with Crippen LogP contribution >= 0.6 is 15.9 Å². The summed E-state index contributed by atoms with van der Waals surface area (Å²) < 4.78 is 2.84. The highest BCUT2D eigenvalue weighted by molar-refractivity contribution is 9.10. The van der Waals surface area contributed by atoms with Crippen molar-refractivity contribution >= 4 is 21.8 Å². The minimum absolute atomic E-state index is 0.0697. The molecule has 2 aromatic rings. The van der Waals surface area contributed by atoms with E-state index in [1.807, 2.05) is 30.7 Å². The van der Waals surface area contributed by atoms with Crippen molar-refractivity contribution in [1.29, 1.82) is 0 Å². The number of aryl methyl sites for hydroxylation is 1. The summed E-state index contributed by atoms with van der Waals surface area (Å²) in [6, 6.07) is 7.34. The number of hydrogen-bond donors (Lipinski definition) is 3. The average molecular weight is 393 g/mol. The lowest BCUT2D eigenvalue weighted by molar-refractivity contribution is 0.0927. The van der Waals surface area contributed by atoms with Crippen LogP contribution in [0.25, 0.3) is 5.69 Å². The lowest BCUT2D eigenvalue weighted by atomic mass is 10.1. The number of aromatic nitrogens is 2. The van der Waals surface area contributed by atoms with E-state index >= 15 is 0 Å². The van der Waals surface area contributed by atoms with Gasteiger partial charge in [-0.05, 0) is 54.0 Å². The van der Waals surface area contributed by atoms with Gasteiger partial charge in [0, 0.05) is 31.1 Å². The zero-order chi connectivity index (χ0) is 17.3. The molecule has 1 aliphatic heterocycles. The zero-order valence-corrected chi connectivity index (χ0v) is 15.3. The van der Waals surface area contributed by atoms with Gasteiger partial charge in [0.25, 0.3) is 5.91 Å². The summed E-state index contributed by atoms with van der Waals surface area (Å²) in [6.45, 7) is 5.73. The fourth-order valence-corrected chi connectivity index (χ4v) is 3.13. The van der Waals surface area contributed by atoms with Crippen molar-refractivity contribution < 1.29 is 9.90 Å².